The van der Waals surface area contributed by atoms with Crippen LogP contribution in [0.25, 0.3) is 0 Å². The lowest BCUT2D eigenvalue weighted by molar-refractivity contribution is 0.0928. The van der Waals surface area contributed by atoms with Gasteiger partial charge in [-0.1, -0.05) is 36.8 Å². The smallest absolute Gasteiger partial charge is 0.0589 e. The largest absolute Gasteiger partial charge is 0.395 e. The molecule has 1 heterocycles. The summed E-state index contributed by atoms with van der Waals surface area (Å²) in [7, 11) is 0. The molecule has 0 spiro atoms. The molecule has 0 aromatic heterocycles. The van der Waals surface area contributed by atoms with E-state index in [1.807, 2.05) is 0 Å². The van der Waals surface area contributed by atoms with Crippen molar-refractivity contribution in [2.75, 3.05) is 13.2 Å². The predicted molar refractivity (Wildman–Crippen MR) is 78.9 cm³/mol. The van der Waals surface area contributed by atoms with Crippen molar-refractivity contribution in [2.45, 2.75) is 45.3 Å². The quantitative estimate of drug-likeness (QED) is 0.873. The highest BCUT2D eigenvalue weighted by Crippen LogP contribution is 2.34. The number of aliphatic hydroxyl groups excluding tert-OH is 1. The maximum Gasteiger partial charge on any atom is 0.0589 e. The molecule has 1 aliphatic heterocycles. The van der Waals surface area contributed by atoms with E-state index in [1.165, 1.54) is 11.1 Å². The van der Waals surface area contributed by atoms with Crippen LogP contribution in [0, 0.1) is 12.8 Å². The highest BCUT2D eigenvalue weighted by Gasteiger charge is 2.37. The van der Waals surface area contributed by atoms with Gasteiger partial charge < -0.3 is 10.8 Å². The summed E-state index contributed by atoms with van der Waals surface area (Å²) in [6.07, 6.45) is 1.14. The van der Waals surface area contributed by atoms with Crippen molar-refractivity contribution in [2.24, 2.45) is 11.7 Å². The second-order valence-electron chi connectivity index (χ2n) is 5.97. The highest BCUT2D eigenvalue weighted by atomic mass is 16.3. The third kappa shape index (κ3) is 2.99. The van der Waals surface area contributed by atoms with Crippen molar-refractivity contribution in [1.82, 2.24) is 4.90 Å². The van der Waals surface area contributed by atoms with Gasteiger partial charge in [0.2, 0.25) is 0 Å². The van der Waals surface area contributed by atoms with Gasteiger partial charge in [0.1, 0.15) is 0 Å². The van der Waals surface area contributed by atoms with E-state index >= 15 is 0 Å². The molecule has 1 saturated heterocycles. The van der Waals surface area contributed by atoms with E-state index in [1.54, 1.807) is 0 Å². The third-order valence-corrected chi connectivity index (χ3v) is 4.39. The molecule has 0 amide bonds. The fraction of sp³-hybridized carbons (Fsp3) is 0.625. The zero-order chi connectivity index (χ0) is 14.0. The van der Waals surface area contributed by atoms with Crippen LogP contribution in [-0.2, 0) is 0 Å². The van der Waals surface area contributed by atoms with Crippen LogP contribution in [-0.4, -0.2) is 35.2 Å². The van der Waals surface area contributed by atoms with Crippen LogP contribution in [0.15, 0.2) is 24.3 Å². The summed E-state index contributed by atoms with van der Waals surface area (Å²) >= 11 is 0. The molecule has 1 aromatic rings. The molecule has 1 aromatic carbocycles. The molecule has 19 heavy (non-hydrogen) atoms. The van der Waals surface area contributed by atoms with Crippen LogP contribution >= 0.6 is 0 Å². The molecule has 4 unspecified atom stereocenters. The molecule has 0 saturated carbocycles. The molecular weight excluding hydrogens is 236 g/mol. The van der Waals surface area contributed by atoms with E-state index in [2.05, 4.69) is 49.9 Å². The second kappa shape index (κ2) is 6.04. The van der Waals surface area contributed by atoms with Crippen molar-refractivity contribution in [3.05, 3.63) is 35.4 Å². The summed E-state index contributed by atoms with van der Waals surface area (Å²) < 4.78 is 0. The van der Waals surface area contributed by atoms with E-state index in [0.717, 1.165) is 13.0 Å². The molecule has 3 nitrogen and oxygen atoms in total. The van der Waals surface area contributed by atoms with E-state index < -0.39 is 0 Å². The zero-order valence-electron chi connectivity index (χ0n) is 12.2. The zero-order valence-corrected chi connectivity index (χ0v) is 12.2. The fourth-order valence-corrected chi connectivity index (χ4v) is 3.23. The summed E-state index contributed by atoms with van der Waals surface area (Å²) in [5, 5.41) is 9.65. The third-order valence-electron chi connectivity index (χ3n) is 4.39. The van der Waals surface area contributed by atoms with E-state index in [-0.39, 0.29) is 24.7 Å². The number of aryl methyl sites for hydroxylation is 1. The van der Waals surface area contributed by atoms with E-state index in [0.29, 0.717) is 5.92 Å². The van der Waals surface area contributed by atoms with Gasteiger partial charge in [0.25, 0.3) is 0 Å². The van der Waals surface area contributed by atoms with Gasteiger partial charge in [-0.2, -0.15) is 0 Å². The number of hydrogen-bond acceptors (Lipinski definition) is 3. The van der Waals surface area contributed by atoms with Crippen molar-refractivity contribution in [3.63, 3.8) is 0 Å². The number of nitrogens with zero attached hydrogens (tertiary/aromatic N) is 1. The van der Waals surface area contributed by atoms with E-state index in [9.17, 15) is 5.11 Å². The Morgan fingerprint density at radius 2 is 2.00 bits per heavy atom. The number of rotatable bonds is 4. The van der Waals surface area contributed by atoms with Crippen molar-refractivity contribution >= 4 is 0 Å². The molecule has 2 rings (SSSR count). The van der Waals surface area contributed by atoms with Gasteiger partial charge in [-0.05, 0) is 38.3 Å². The minimum Gasteiger partial charge on any atom is -0.395 e. The fourth-order valence-electron chi connectivity index (χ4n) is 3.23. The average Bonchev–Trinajstić information content (AvgIpc) is 2.73. The van der Waals surface area contributed by atoms with Crippen molar-refractivity contribution < 1.29 is 5.11 Å². The topological polar surface area (TPSA) is 49.5 Å². The first-order chi connectivity index (χ1) is 9.04. The molecule has 0 radical (unpaired) electrons. The minimum atomic E-state index is 0.0575. The van der Waals surface area contributed by atoms with Gasteiger partial charge in [-0.3, -0.25) is 4.90 Å². The molecule has 3 N–H and O–H groups in total. The highest BCUT2D eigenvalue weighted by molar-refractivity contribution is 5.25. The Labute approximate surface area is 116 Å². The summed E-state index contributed by atoms with van der Waals surface area (Å²) in [4.78, 5) is 2.39. The summed E-state index contributed by atoms with van der Waals surface area (Å²) in [5.74, 6) is 0.539. The maximum absolute atomic E-state index is 9.65. The van der Waals surface area contributed by atoms with Gasteiger partial charge in [0.15, 0.2) is 0 Å². The first-order valence-electron chi connectivity index (χ1n) is 7.23. The molecule has 4 atom stereocenters. The second-order valence-corrected chi connectivity index (χ2v) is 5.97. The summed E-state index contributed by atoms with van der Waals surface area (Å²) in [5.41, 5.74) is 8.75. The number of aliphatic hydroxyl groups is 1. The van der Waals surface area contributed by atoms with Crippen LogP contribution in [0.2, 0.25) is 0 Å². The Hall–Kier alpha value is -0.900. The maximum atomic E-state index is 9.65. The molecule has 0 aliphatic carbocycles. The van der Waals surface area contributed by atoms with Gasteiger partial charge in [0.05, 0.1) is 6.61 Å². The summed E-state index contributed by atoms with van der Waals surface area (Å²) in [6, 6.07) is 9.10. The SMILES string of the molecule is Cc1ccc(C(C(C)N)N2CCC(C)C2CO)cc1. The van der Waals surface area contributed by atoms with Crippen molar-refractivity contribution in [3.8, 4) is 0 Å². The Morgan fingerprint density at radius 3 is 2.53 bits per heavy atom. The Morgan fingerprint density at radius 1 is 1.37 bits per heavy atom. The lowest BCUT2D eigenvalue weighted by Gasteiger charge is -2.36. The monoisotopic (exact) mass is 262 g/mol. The van der Waals surface area contributed by atoms with Crippen LogP contribution < -0.4 is 5.73 Å². The van der Waals surface area contributed by atoms with Crippen LogP contribution in [0.1, 0.15) is 37.4 Å². The number of nitrogens with two attached hydrogens (primary N) is 1. The van der Waals surface area contributed by atoms with Gasteiger partial charge in [-0.25, -0.2) is 0 Å². The van der Waals surface area contributed by atoms with Crippen LogP contribution in [0.5, 0.6) is 0 Å². The molecule has 0 bridgehead atoms. The van der Waals surface area contributed by atoms with Crippen molar-refractivity contribution in [1.29, 1.82) is 0 Å². The number of hydrogen-bond donors (Lipinski definition) is 2. The molecule has 3 heteroatoms. The van der Waals surface area contributed by atoms with Crippen LogP contribution in [0.3, 0.4) is 0 Å². The summed E-state index contributed by atoms with van der Waals surface area (Å²) in [6.45, 7) is 7.61. The number of benzene rings is 1. The molecule has 1 fully saturated rings. The lowest BCUT2D eigenvalue weighted by atomic mass is 9.96. The lowest BCUT2D eigenvalue weighted by Crippen LogP contribution is -2.44. The predicted octanol–water partition coefficient (Wildman–Crippen LogP) is 2.09. The Kier molecular flexibility index (Phi) is 4.61. The minimum absolute atomic E-state index is 0.0575. The van der Waals surface area contributed by atoms with Crippen LogP contribution in [0.4, 0.5) is 0 Å². The van der Waals surface area contributed by atoms with E-state index in [4.69, 9.17) is 5.73 Å². The number of likely N-dealkylation sites (tertiary alicyclic amines) is 1. The van der Waals surface area contributed by atoms with Gasteiger partial charge >= 0.3 is 0 Å². The molecule has 106 valence electrons. The standard InChI is InChI=1S/C16H26N2O/c1-11-4-6-14(7-5-11)16(13(3)17)18-9-8-12(2)15(18)10-19/h4-7,12-13,15-16,19H,8-10,17H2,1-3H3. The van der Waals surface area contributed by atoms with Gasteiger partial charge in [-0.15, -0.1) is 0 Å². The average molecular weight is 262 g/mol. The van der Waals surface area contributed by atoms with Gasteiger partial charge in [0, 0.05) is 18.1 Å². The Balaban J connectivity index is 2.28. The first kappa shape index (κ1) is 14.5. The molecular formula is C16H26N2O. The normalized spacial score (nSPS) is 27.4. The molecule has 1 aliphatic rings. The Bertz CT molecular complexity index is 402. The first-order valence-corrected chi connectivity index (χ1v) is 7.23.